The Bertz CT molecular complexity index is 903. The molecule has 0 aromatic heterocycles. The van der Waals surface area contributed by atoms with Crippen LogP contribution in [0.2, 0.25) is 0 Å². The summed E-state index contributed by atoms with van der Waals surface area (Å²) in [5.41, 5.74) is 3.34. The summed E-state index contributed by atoms with van der Waals surface area (Å²) in [5.74, 6) is -0.189. The third-order valence-electron chi connectivity index (χ3n) is 5.43. The Labute approximate surface area is 167 Å². The molecule has 0 saturated heterocycles. The SMILES string of the molecule is CCC[N+](C)(C)CCCNc1ccc(NC)c2c1C(=O)c1ccccc1C2=O. The first-order valence-corrected chi connectivity index (χ1v) is 9.98. The molecule has 28 heavy (non-hydrogen) atoms. The van der Waals surface area contributed by atoms with Gasteiger partial charge < -0.3 is 15.1 Å². The quantitative estimate of drug-likeness (QED) is 0.461. The summed E-state index contributed by atoms with van der Waals surface area (Å²) in [6.45, 7) is 5.18. The Kier molecular flexibility index (Phi) is 5.84. The molecule has 148 valence electrons. The van der Waals surface area contributed by atoms with Crippen molar-refractivity contribution in [3.05, 3.63) is 58.7 Å². The van der Waals surface area contributed by atoms with Crippen molar-refractivity contribution in [3.63, 3.8) is 0 Å². The topological polar surface area (TPSA) is 58.2 Å². The van der Waals surface area contributed by atoms with Gasteiger partial charge in [-0.15, -0.1) is 0 Å². The first-order chi connectivity index (χ1) is 13.4. The minimum absolute atomic E-state index is 0.0908. The Morgan fingerprint density at radius 2 is 1.43 bits per heavy atom. The number of fused-ring (bicyclic) bond motifs is 2. The lowest BCUT2D eigenvalue weighted by molar-refractivity contribution is -0.890. The van der Waals surface area contributed by atoms with Gasteiger partial charge in [0.2, 0.25) is 0 Å². The van der Waals surface area contributed by atoms with Crippen LogP contribution in [-0.4, -0.2) is 56.8 Å². The average Bonchev–Trinajstić information content (AvgIpc) is 2.68. The Balaban J connectivity index is 1.87. The summed E-state index contributed by atoms with van der Waals surface area (Å²) in [4.78, 5) is 26.3. The van der Waals surface area contributed by atoms with Gasteiger partial charge in [0.25, 0.3) is 0 Å². The van der Waals surface area contributed by atoms with Crippen molar-refractivity contribution in [1.82, 2.24) is 0 Å². The third-order valence-corrected chi connectivity index (χ3v) is 5.43. The number of nitrogens with zero attached hydrogens (tertiary/aromatic N) is 1. The molecule has 0 amide bonds. The number of benzene rings is 2. The van der Waals surface area contributed by atoms with E-state index in [1.54, 1.807) is 31.3 Å². The number of hydrogen-bond acceptors (Lipinski definition) is 4. The van der Waals surface area contributed by atoms with Crippen molar-refractivity contribution >= 4 is 22.9 Å². The van der Waals surface area contributed by atoms with Crippen molar-refractivity contribution in [2.45, 2.75) is 19.8 Å². The molecule has 2 aromatic rings. The number of quaternary nitrogens is 1. The van der Waals surface area contributed by atoms with Gasteiger partial charge >= 0.3 is 0 Å². The molecule has 5 heteroatoms. The molecule has 0 saturated carbocycles. The summed E-state index contributed by atoms with van der Waals surface area (Å²) in [6.07, 6.45) is 2.16. The first-order valence-electron chi connectivity index (χ1n) is 9.98. The highest BCUT2D eigenvalue weighted by Gasteiger charge is 2.33. The Morgan fingerprint density at radius 3 is 2.00 bits per heavy atom. The molecule has 0 aliphatic heterocycles. The second-order valence-electron chi connectivity index (χ2n) is 8.03. The molecule has 0 unspecified atom stereocenters. The van der Waals surface area contributed by atoms with E-state index in [-0.39, 0.29) is 11.6 Å². The predicted octanol–water partition coefficient (Wildman–Crippen LogP) is 3.79. The monoisotopic (exact) mass is 380 g/mol. The van der Waals surface area contributed by atoms with Gasteiger partial charge in [-0.05, 0) is 18.6 Å². The molecule has 0 heterocycles. The van der Waals surface area contributed by atoms with Crippen LogP contribution in [0.15, 0.2) is 36.4 Å². The van der Waals surface area contributed by atoms with Gasteiger partial charge in [0, 0.05) is 42.5 Å². The van der Waals surface area contributed by atoms with Crippen molar-refractivity contribution in [2.75, 3.05) is 51.4 Å². The van der Waals surface area contributed by atoms with Gasteiger partial charge in [0.1, 0.15) is 0 Å². The van der Waals surface area contributed by atoms with Crippen LogP contribution < -0.4 is 10.6 Å². The van der Waals surface area contributed by atoms with Crippen molar-refractivity contribution in [3.8, 4) is 0 Å². The van der Waals surface area contributed by atoms with Crippen molar-refractivity contribution in [1.29, 1.82) is 0 Å². The predicted molar refractivity (Wildman–Crippen MR) is 115 cm³/mol. The fraction of sp³-hybridized carbons (Fsp3) is 0.391. The minimum Gasteiger partial charge on any atom is -0.388 e. The second-order valence-corrected chi connectivity index (χ2v) is 8.03. The van der Waals surface area contributed by atoms with Gasteiger partial charge in [0.15, 0.2) is 11.6 Å². The third kappa shape index (κ3) is 3.80. The number of hydrogen-bond donors (Lipinski definition) is 2. The molecule has 0 bridgehead atoms. The molecule has 0 spiro atoms. The highest BCUT2D eigenvalue weighted by atomic mass is 16.1. The van der Waals surface area contributed by atoms with Crippen LogP contribution in [0.3, 0.4) is 0 Å². The summed E-state index contributed by atoms with van der Waals surface area (Å²) in [6, 6.07) is 10.8. The molecule has 0 atom stereocenters. The maximum Gasteiger partial charge on any atom is 0.196 e. The van der Waals surface area contributed by atoms with Gasteiger partial charge in [-0.3, -0.25) is 9.59 Å². The maximum atomic E-state index is 13.2. The second kappa shape index (κ2) is 8.15. The van der Waals surface area contributed by atoms with E-state index < -0.39 is 0 Å². The van der Waals surface area contributed by atoms with Crippen LogP contribution in [-0.2, 0) is 0 Å². The normalized spacial score (nSPS) is 13.1. The number of carbonyl (C=O) groups is 2. The van der Waals surface area contributed by atoms with Gasteiger partial charge in [0.05, 0.1) is 38.3 Å². The minimum atomic E-state index is -0.0982. The van der Waals surface area contributed by atoms with E-state index in [0.717, 1.165) is 42.6 Å². The van der Waals surface area contributed by atoms with E-state index >= 15 is 0 Å². The summed E-state index contributed by atoms with van der Waals surface area (Å²) < 4.78 is 0.986. The van der Waals surface area contributed by atoms with E-state index in [0.29, 0.717) is 27.9 Å². The average molecular weight is 381 g/mol. The van der Waals surface area contributed by atoms with Crippen LogP contribution in [0, 0.1) is 0 Å². The summed E-state index contributed by atoms with van der Waals surface area (Å²) >= 11 is 0. The fourth-order valence-electron chi connectivity index (χ4n) is 4.03. The maximum absolute atomic E-state index is 13.2. The summed E-state index contributed by atoms with van der Waals surface area (Å²) in [7, 11) is 6.26. The lowest BCUT2D eigenvalue weighted by Gasteiger charge is -2.29. The lowest BCUT2D eigenvalue weighted by Crippen LogP contribution is -2.41. The lowest BCUT2D eigenvalue weighted by atomic mass is 9.82. The van der Waals surface area contributed by atoms with Crippen LogP contribution in [0.1, 0.15) is 51.6 Å². The molecule has 1 aliphatic carbocycles. The molecule has 0 fully saturated rings. The fourth-order valence-corrected chi connectivity index (χ4v) is 4.03. The highest BCUT2D eigenvalue weighted by Crippen LogP contribution is 2.36. The largest absolute Gasteiger partial charge is 0.388 e. The summed E-state index contributed by atoms with van der Waals surface area (Å²) in [5, 5.41) is 6.47. The number of ketones is 2. The molecular weight excluding hydrogens is 350 g/mol. The molecule has 5 nitrogen and oxygen atoms in total. The van der Waals surface area contributed by atoms with Crippen LogP contribution in [0.4, 0.5) is 11.4 Å². The van der Waals surface area contributed by atoms with Crippen LogP contribution in [0.25, 0.3) is 0 Å². The van der Waals surface area contributed by atoms with Crippen molar-refractivity contribution in [2.24, 2.45) is 0 Å². The Morgan fingerprint density at radius 1 is 0.857 bits per heavy atom. The molecule has 2 N–H and O–H groups in total. The highest BCUT2D eigenvalue weighted by molar-refractivity contribution is 6.31. The van der Waals surface area contributed by atoms with Crippen LogP contribution >= 0.6 is 0 Å². The zero-order valence-corrected chi connectivity index (χ0v) is 17.3. The molecule has 0 radical (unpaired) electrons. The molecule has 2 aromatic carbocycles. The van der Waals surface area contributed by atoms with Crippen molar-refractivity contribution < 1.29 is 14.1 Å². The van der Waals surface area contributed by atoms with E-state index in [1.807, 2.05) is 12.1 Å². The zero-order chi connectivity index (χ0) is 20.3. The van der Waals surface area contributed by atoms with E-state index in [9.17, 15) is 9.59 Å². The van der Waals surface area contributed by atoms with E-state index in [4.69, 9.17) is 0 Å². The van der Waals surface area contributed by atoms with Crippen LogP contribution in [0.5, 0.6) is 0 Å². The number of carbonyl (C=O) groups excluding carboxylic acids is 2. The Hall–Kier alpha value is -2.66. The van der Waals surface area contributed by atoms with Gasteiger partial charge in [-0.1, -0.05) is 31.2 Å². The first kappa shape index (κ1) is 20.1. The smallest absolute Gasteiger partial charge is 0.196 e. The molecule has 3 rings (SSSR count). The molecular formula is C23H30N3O2+. The van der Waals surface area contributed by atoms with E-state index in [1.165, 1.54) is 0 Å². The van der Waals surface area contributed by atoms with E-state index in [2.05, 4.69) is 31.7 Å². The standard InChI is InChI=1S/C23H29N3O2/c1-5-14-26(3,4)15-8-13-25-19-12-11-18(24-2)20-21(19)23(28)17-10-7-6-9-16(17)22(20)27/h6-7,9-12H,5,8,13-15H2,1-4H3,(H-,24,25,27,28)/p+1. The van der Waals surface area contributed by atoms with Gasteiger partial charge in [-0.25, -0.2) is 0 Å². The number of nitrogens with one attached hydrogen (secondary N) is 2. The number of rotatable bonds is 8. The molecule has 1 aliphatic rings. The number of anilines is 2. The zero-order valence-electron chi connectivity index (χ0n) is 17.3. The van der Waals surface area contributed by atoms with Gasteiger partial charge in [-0.2, -0.15) is 0 Å².